The summed E-state index contributed by atoms with van der Waals surface area (Å²) in [6.07, 6.45) is 2.38. The standard InChI is InChI=1S/C21H27N5O/c1-17-9-11-25(12-10-17)20-8-7-19(22-23-20)21(27)26-15-13-24(14-16-26)18-5-3-2-4-6-18/h2-8,17H,9-16H2,1H3. The van der Waals surface area contributed by atoms with Gasteiger partial charge in [-0.05, 0) is 43.0 Å². The molecule has 0 saturated carbocycles. The minimum atomic E-state index is -0.0194. The molecule has 1 aromatic heterocycles. The van der Waals surface area contributed by atoms with Crippen molar-refractivity contribution in [2.45, 2.75) is 19.8 Å². The number of para-hydroxylation sites is 1. The molecule has 2 fully saturated rings. The van der Waals surface area contributed by atoms with Crippen molar-refractivity contribution >= 4 is 17.4 Å². The van der Waals surface area contributed by atoms with Gasteiger partial charge in [-0.1, -0.05) is 25.1 Å². The zero-order valence-corrected chi connectivity index (χ0v) is 15.9. The number of carbonyl (C=O) groups excluding carboxylic acids is 1. The Bertz CT molecular complexity index is 748. The van der Waals surface area contributed by atoms with Gasteiger partial charge in [-0.2, -0.15) is 0 Å². The molecule has 3 heterocycles. The van der Waals surface area contributed by atoms with Crippen LogP contribution in [0.3, 0.4) is 0 Å². The molecule has 2 saturated heterocycles. The Kier molecular flexibility index (Phi) is 5.23. The Morgan fingerprint density at radius 2 is 1.56 bits per heavy atom. The number of hydrogen-bond donors (Lipinski definition) is 0. The van der Waals surface area contributed by atoms with Crippen LogP contribution in [0.25, 0.3) is 0 Å². The molecule has 2 aromatic rings. The van der Waals surface area contributed by atoms with E-state index >= 15 is 0 Å². The Morgan fingerprint density at radius 1 is 0.852 bits per heavy atom. The number of anilines is 2. The lowest BCUT2D eigenvalue weighted by atomic mass is 9.99. The van der Waals surface area contributed by atoms with Gasteiger partial charge in [-0.15, -0.1) is 10.2 Å². The second kappa shape index (κ2) is 7.94. The molecule has 2 aliphatic heterocycles. The zero-order valence-electron chi connectivity index (χ0n) is 15.9. The maximum Gasteiger partial charge on any atom is 0.274 e. The summed E-state index contributed by atoms with van der Waals surface area (Å²) in [4.78, 5) is 19.2. The first-order valence-corrected chi connectivity index (χ1v) is 9.88. The van der Waals surface area contributed by atoms with E-state index in [9.17, 15) is 4.79 Å². The summed E-state index contributed by atoms with van der Waals surface area (Å²) in [5, 5.41) is 8.55. The number of aromatic nitrogens is 2. The van der Waals surface area contributed by atoms with E-state index in [1.807, 2.05) is 35.2 Å². The first kappa shape index (κ1) is 17.8. The fourth-order valence-electron chi connectivity index (χ4n) is 3.81. The summed E-state index contributed by atoms with van der Waals surface area (Å²) in [5.41, 5.74) is 1.65. The summed E-state index contributed by atoms with van der Waals surface area (Å²) >= 11 is 0. The van der Waals surface area contributed by atoms with E-state index in [1.165, 1.54) is 18.5 Å². The largest absolute Gasteiger partial charge is 0.368 e. The fourth-order valence-corrected chi connectivity index (χ4v) is 3.81. The van der Waals surface area contributed by atoms with Gasteiger partial charge in [0.25, 0.3) is 5.91 Å². The molecule has 0 radical (unpaired) electrons. The molecule has 1 aromatic carbocycles. The number of piperazine rings is 1. The van der Waals surface area contributed by atoms with Gasteiger partial charge in [0.15, 0.2) is 11.5 Å². The van der Waals surface area contributed by atoms with Crippen molar-refractivity contribution in [1.82, 2.24) is 15.1 Å². The van der Waals surface area contributed by atoms with Gasteiger partial charge >= 0.3 is 0 Å². The Morgan fingerprint density at radius 3 is 2.19 bits per heavy atom. The highest BCUT2D eigenvalue weighted by atomic mass is 16.2. The number of hydrogen-bond acceptors (Lipinski definition) is 5. The number of piperidine rings is 1. The minimum absolute atomic E-state index is 0.0194. The van der Waals surface area contributed by atoms with Crippen molar-refractivity contribution in [2.75, 3.05) is 49.1 Å². The van der Waals surface area contributed by atoms with Crippen LogP contribution in [0.4, 0.5) is 11.5 Å². The summed E-state index contributed by atoms with van der Waals surface area (Å²) in [6, 6.07) is 14.1. The van der Waals surface area contributed by atoms with Crippen LogP contribution in [0.15, 0.2) is 42.5 Å². The van der Waals surface area contributed by atoms with E-state index < -0.39 is 0 Å². The molecule has 6 nitrogen and oxygen atoms in total. The summed E-state index contributed by atoms with van der Waals surface area (Å²) < 4.78 is 0. The van der Waals surface area contributed by atoms with Crippen molar-refractivity contribution in [1.29, 1.82) is 0 Å². The summed E-state index contributed by atoms with van der Waals surface area (Å²) in [6.45, 7) is 7.43. The smallest absolute Gasteiger partial charge is 0.274 e. The molecule has 0 unspecified atom stereocenters. The second-order valence-corrected chi connectivity index (χ2v) is 7.56. The third kappa shape index (κ3) is 4.04. The molecule has 0 bridgehead atoms. The average molecular weight is 365 g/mol. The highest BCUT2D eigenvalue weighted by Crippen LogP contribution is 2.21. The zero-order chi connectivity index (χ0) is 18.6. The van der Waals surface area contributed by atoms with Gasteiger partial charge in [0, 0.05) is 45.0 Å². The predicted molar refractivity (Wildman–Crippen MR) is 107 cm³/mol. The van der Waals surface area contributed by atoms with Crippen molar-refractivity contribution in [3.05, 3.63) is 48.2 Å². The monoisotopic (exact) mass is 365 g/mol. The van der Waals surface area contributed by atoms with E-state index in [1.54, 1.807) is 0 Å². The lowest BCUT2D eigenvalue weighted by Gasteiger charge is -2.36. The minimum Gasteiger partial charge on any atom is -0.368 e. The third-order valence-electron chi connectivity index (χ3n) is 5.67. The lowest BCUT2D eigenvalue weighted by Crippen LogP contribution is -2.49. The Labute approximate surface area is 160 Å². The number of rotatable bonds is 3. The second-order valence-electron chi connectivity index (χ2n) is 7.56. The Balaban J connectivity index is 1.35. The van der Waals surface area contributed by atoms with Gasteiger partial charge in [0.05, 0.1) is 0 Å². The first-order valence-electron chi connectivity index (χ1n) is 9.88. The van der Waals surface area contributed by atoms with Gasteiger partial charge in [-0.25, -0.2) is 0 Å². The highest BCUT2D eigenvalue weighted by Gasteiger charge is 2.24. The van der Waals surface area contributed by atoms with Crippen LogP contribution in [-0.4, -0.2) is 60.3 Å². The van der Waals surface area contributed by atoms with Gasteiger partial charge in [-0.3, -0.25) is 4.79 Å². The molecular weight excluding hydrogens is 338 g/mol. The average Bonchev–Trinajstić information content (AvgIpc) is 2.75. The van der Waals surface area contributed by atoms with Crippen molar-refractivity contribution in [2.24, 2.45) is 5.92 Å². The molecule has 0 spiro atoms. The van der Waals surface area contributed by atoms with Gasteiger partial charge in [0.2, 0.25) is 0 Å². The number of carbonyl (C=O) groups is 1. The number of nitrogens with zero attached hydrogens (tertiary/aromatic N) is 5. The summed E-state index contributed by atoms with van der Waals surface area (Å²) in [7, 11) is 0. The normalized spacial score (nSPS) is 18.6. The molecule has 4 rings (SSSR count). The Hall–Kier alpha value is -2.63. The molecule has 0 atom stereocenters. The van der Waals surface area contributed by atoms with E-state index in [0.29, 0.717) is 18.8 Å². The molecule has 6 heteroatoms. The number of benzene rings is 1. The van der Waals surface area contributed by atoms with Crippen LogP contribution < -0.4 is 9.80 Å². The molecular formula is C21H27N5O. The van der Waals surface area contributed by atoms with E-state index in [4.69, 9.17) is 0 Å². The van der Waals surface area contributed by atoms with Crippen LogP contribution in [-0.2, 0) is 0 Å². The van der Waals surface area contributed by atoms with Crippen molar-refractivity contribution < 1.29 is 4.79 Å². The number of amides is 1. The first-order chi connectivity index (χ1) is 13.2. The molecule has 142 valence electrons. The maximum absolute atomic E-state index is 12.8. The molecule has 1 amide bonds. The fraction of sp³-hybridized carbons (Fsp3) is 0.476. The molecule has 0 aliphatic carbocycles. The highest BCUT2D eigenvalue weighted by molar-refractivity contribution is 5.92. The molecule has 2 aliphatic rings. The van der Waals surface area contributed by atoms with Crippen LogP contribution in [0.2, 0.25) is 0 Å². The van der Waals surface area contributed by atoms with Crippen LogP contribution in [0, 0.1) is 5.92 Å². The molecule has 0 N–H and O–H groups in total. The van der Waals surface area contributed by atoms with Crippen molar-refractivity contribution in [3.8, 4) is 0 Å². The van der Waals surface area contributed by atoms with Gasteiger partial charge < -0.3 is 14.7 Å². The van der Waals surface area contributed by atoms with Crippen LogP contribution >= 0.6 is 0 Å². The van der Waals surface area contributed by atoms with Crippen molar-refractivity contribution in [3.63, 3.8) is 0 Å². The van der Waals surface area contributed by atoms with E-state index in [-0.39, 0.29) is 5.91 Å². The van der Waals surface area contributed by atoms with Crippen LogP contribution in [0.5, 0.6) is 0 Å². The predicted octanol–water partition coefficient (Wildman–Crippen LogP) is 2.68. The summed E-state index contributed by atoms with van der Waals surface area (Å²) in [5.74, 6) is 1.64. The maximum atomic E-state index is 12.8. The van der Waals surface area contributed by atoms with Crippen LogP contribution in [0.1, 0.15) is 30.3 Å². The van der Waals surface area contributed by atoms with E-state index in [0.717, 1.165) is 37.9 Å². The van der Waals surface area contributed by atoms with E-state index in [2.05, 4.69) is 39.1 Å². The quantitative estimate of drug-likeness (QED) is 0.837. The lowest BCUT2D eigenvalue weighted by molar-refractivity contribution is 0.0739. The third-order valence-corrected chi connectivity index (χ3v) is 5.67. The topological polar surface area (TPSA) is 52.6 Å². The van der Waals surface area contributed by atoms with Gasteiger partial charge in [0.1, 0.15) is 0 Å². The SMILES string of the molecule is CC1CCN(c2ccc(C(=O)N3CCN(c4ccccc4)CC3)nn2)CC1. The molecule has 27 heavy (non-hydrogen) atoms.